The van der Waals surface area contributed by atoms with Crippen molar-refractivity contribution in [3.05, 3.63) is 108 Å². The van der Waals surface area contributed by atoms with Gasteiger partial charge in [0.05, 0.1) is 12.5 Å². The molecular weight excluding hydrogens is 372 g/mol. The molecule has 0 aromatic heterocycles. The number of nitriles is 1. The lowest BCUT2D eigenvalue weighted by molar-refractivity contribution is 0.102. The molecule has 0 spiro atoms. The van der Waals surface area contributed by atoms with Crippen LogP contribution in [0, 0.1) is 11.3 Å². The molecule has 0 aliphatic heterocycles. The summed E-state index contributed by atoms with van der Waals surface area (Å²) in [6.07, 6.45) is 0.379. The van der Waals surface area contributed by atoms with E-state index in [1.54, 1.807) is 0 Å². The molecule has 1 N–H and O–H groups in total. The Kier molecular flexibility index (Phi) is 5.73. The Morgan fingerprint density at radius 3 is 2.40 bits per heavy atom. The number of hydrogen-bond donors (Lipinski definition) is 1. The Hall–Kier alpha value is -4.10. The van der Waals surface area contributed by atoms with Gasteiger partial charge < -0.3 is 10.1 Å². The van der Waals surface area contributed by atoms with Crippen LogP contribution in [0.25, 0.3) is 10.8 Å². The molecule has 0 saturated carbocycles. The predicted molar refractivity (Wildman–Crippen MR) is 118 cm³/mol. The van der Waals surface area contributed by atoms with Crippen LogP contribution in [0.4, 0.5) is 5.69 Å². The summed E-state index contributed by atoms with van der Waals surface area (Å²) < 4.78 is 5.88. The van der Waals surface area contributed by atoms with Crippen LogP contribution in [0.5, 0.6) is 5.75 Å². The van der Waals surface area contributed by atoms with Gasteiger partial charge in [-0.3, -0.25) is 4.79 Å². The molecule has 0 radical (unpaired) electrons. The molecular formula is C26H20N2O2. The van der Waals surface area contributed by atoms with Crippen molar-refractivity contribution in [3.63, 3.8) is 0 Å². The third-order valence-corrected chi connectivity index (χ3v) is 4.88. The zero-order valence-electron chi connectivity index (χ0n) is 16.3. The summed E-state index contributed by atoms with van der Waals surface area (Å²) in [5.74, 6) is 0.557. The SMILES string of the molecule is N#CCc1ccc(OCc2ccccc2NC(=O)c2ccc3ccccc3c2)cc1. The van der Waals surface area contributed by atoms with Crippen LogP contribution < -0.4 is 10.1 Å². The number of anilines is 1. The summed E-state index contributed by atoms with van der Waals surface area (Å²) in [6, 6.07) is 30.8. The molecule has 4 nitrogen and oxygen atoms in total. The van der Waals surface area contributed by atoms with Crippen LogP contribution in [0.2, 0.25) is 0 Å². The second kappa shape index (κ2) is 8.93. The van der Waals surface area contributed by atoms with E-state index in [9.17, 15) is 4.79 Å². The molecule has 1 amide bonds. The van der Waals surface area contributed by atoms with Gasteiger partial charge in [-0.25, -0.2) is 0 Å². The second-order valence-corrected chi connectivity index (χ2v) is 6.94. The van der Waals surface area contributed by atoms with Gasteiger partial charge >= 0.3 is 0 Å². The van der Waals surface area contributed by atoms with Crippen molar-refractivity contribution in [2.24, 2.45) is 0 Å². The number of carbonyl (C=O) groups excluding carboxylic acids is 1. The topological polar surface area (TPSA) is 62.1 Å². The van der Waals surface area contributed by atoms with Gasteiger partial charge in [0, 0.05) is 16.8 Å². The van der Waals surface area contributed by atoms with E-state index in [0.717, 1.165) is 27.6 Å². The van der Waals surface area contributed by atoms with Gasteiger partial charge in [0.15, 0.2) is 0 Å². The zero-order chi connectivity index (χ0) is 20.8. The molecule has 0 heterocycles. The number of amides is 1. The minimum atomic E-state index is -0.158. The van der Waals surface area contributed by atoms with Crippen molar-refractivity contribution in [1.29, 1.82) is 5.26 Å². The number of nitrogens with one attached hydrogen (secondary N) is 1. The summed E-state index contributed by atoms with van der Waals surface area (Å²) in [4.78, 5) is 12.8. The lowest BCUT2D eigenvalue weighted by Gasteiger charge is -2.13. The smallest absolute Gasteiger partial charge is 0.255 e. The summed E-state index contributed by atoms with van der Waals surface area (Å²) in [6.45, 7) is 0.325. The molecule has 0 unspecified atom stereocenters. The number of benzene rings is 4. The predicted octanol–water partition coefficient (Wildman–Crippen LogP) is 5.74. The lowest BCUT2D eigenvalue weighted by atomic mass is 10.1. The fourth-order valence-corrected chi connectivity index (χ4v) is 3.25. The van der Waals surface area contributed by atoms with Crippen LogP contribution in [-0.2, 0) is 13.0 Å². The number of rotatable bonds is 6. The standard InChI is InChI=1S/C26H20N2O2/c27-16-15-19-9-13-24(14-10-19)30-18-23-7-3-4-8-25(23)28-26(29)22-12-11-20-5-1-2-6-21(20)17-22/h1-14,17H,15,18H2,(H,28,29). The van der Waals surface area contributed by atoms with Crippen molar-refractivity contribution in [1.82, 2.24) is 0 Å². The van der Waals surface area contributed by atoms with Crippen LogP contribution in [0.1, 0.15) is 21.5 Å². The van der Waals surface area contributed by atoms with E-state index >= 15 is 0 Å². The maximum atomic E-state index is 12.8. The van der Waals surface area contributed by atoms with Crippen molar-refractivity contribution >= 4 is 22.4 Å². The van der Waals surface area contributed by atoms with Gasteiger partial charge in [-0.2, -0.15) is 5.26 Å². The van der Waals surface area contributed by atoms with Crippen molar-refractivity contribution < 1.29 is 9.53 Å². The highest BCUT2D eigenvalue weighted by molar-refractivity contribution is 6.06. The molecule has 0 aliphatic rings. The van der Waals surface area contributed by atoms with E-state index in [1.165, 1.54) is 0 Å². The number of hydrogen-bond acceptors (Lipinski definition) is 3. The molecule has 146 valence electrons. The average Bonchev–Trinajstić information content (AvgIpc) is 2.79. The second-order valence-electron chi connectivity index (χ2n) is 6.94. The molecule has 0 aliphatic carbocycles. The highest BCUT2D eigenvalue weighted by atomic mass is 16.5. The minimum Gasteiger partial charge on any atom is -0.489 e. The van der Waals surface area contributed by atoms with Gasteiger partial charge in [0.2, 0.25) is 0 Å². The number of carbonyl (C=O) groups is 1. The first kappa shape index (κ1) is 19.2. The van der Waals surface area contributed by atoms with Crippen LogP contribution >= 0.6 is 0 Å². The third-order valence-electron chi connectivity index (χ3n) is 4.88. The number of nitrogens with zero attached hydrogens (tertiary/aromatic N) is 1. The van der Waals surface area contributed by atoms with Gasteiger partial charge in [-0.05, 0) is 46.7 Å². The fourth-order valence-electron chi connectivity index (χ4n) is 3.25. The Bertz CT molecular complexity index is 1220. The molecule has 4 rings (SSSR count). The molecule has 0 bridgehead atoms. The first-order valence-corrected chi connectivity index (χ1v) is 9.70. The lowest BCUT2D eigenvalue weighted by Crippen LogP contribution is -2.14. The normalized spacial score (nSPS) is 10.4. The largest absolute Gasteiger partial charge is 0.489 e. The Morgan fingerprint density at radius 2 is 1.60 bits per heavy atom. The van der Waals surface area contributed by atoms with E-state index in [4.69, 9.17) is 10.00 Å². The molecule has 0 fully saturated rings. The molecule has 4 aromatic carbocycles. The van der Waals surface area contributed by atoms with Gasteiger partial charge in [0.25, 0.3) is 5.91 Å². The molecule has 4 aromatic rings. The summed E-state index contributed by atoms with van der Waals surface area (Å²) in [5.41, 5.74) is 3.16. The minimum absolute atomic E-state index is 0.158. The van der Waals surface area contributed by atoms with Crippen molar-refractivity contribution in [2.75, 3.05) is 5.32 Å². The molecule has 4 heteroatoms. The fraction of sp³-hybridized carbons (Fsp3) is 0.0769. The van der Waals surface area contributed by atoms with Crippen LogP contribution in [0.3, 0.4) is 0 Å². The molecule has 0 atom stereocenters. The van der Waals surface area contributed by atoms with Crippen LogP contribution in [0.15, 0.2) is 91.0 Å². The number of para-hydroxylation sites is 1. The quantitative estimate of drug-likeness (QED) is 0.455. The van der Waals surface area contributed by atoms with E-state index in [2.05, 4.69) is 11.4 Å². The summed E-state index contributed by atoms with van der Waals surface area (Å²) in [5, 5.41) is 13.9. The number of ether oxygens (including phenoxy) is 1. The maximum absolute atomic E-state index is 12.8. The van der Waals surface area contributed by atoms with Crippen LogP contribution in [-0.4, -0.2) is 5.91 Å². The highest BCUT2D eigenvalue weighted by Crippen LogP contribution is 2.21. The van der Waals surface area contributed by atoms with E-state index in [-0.39, 0.29) is 5.91 Å². The Balaban J connectivity index is 1.47. The van der Waals surface area contributed by atoms with E-state index < -0.39 is 0 Å². The van der Waals surface area contributed by atoms with E-state index in [1.807, 2.05) is 91.0 Å². The van der Waals surface area contributed by atoms with Gasteiger partial charge in [-0.1, -0.05) is 60.7 Å². The monoisotopic (exact) mass is 392 g/mol. The zero-order valence-corrected chi connectivity index (χ0v) is 16.3. The molecule has 0 saturated heterocycles. The maximum Gasteiger partial charge on any atom is 0.255 e. The van der Waals surface area contributed by atoms with Crippen molar-refractivity contribution in [3.8, 4) is 11.8 Å². The Labute approximate surface area is 175 Å². The first-order valence-electron chi connectivity index (χ1n) is 9.70. The van der Waals surface area contributed by atoms with Crippen molar-refractivity contribution in [2.45, 2.75) is 13.0 Å². The third kappa shape index (κ3) is 4.48. The van der Waals surface area contributed by atoms with E-state index in [0.29, 0.717) is 24.3 Å². The number of fused-ring (bicyclic) bond motifs is 1. The van der Waals surface area contributed by atoms with Gasteiger partial charge in [-0.15, -0.1) is 0 Å². The summed E-state index contributed by atoms with van der Waals surface area (Å²) in [7, 11) is 0. The first-order chi connectivity index (χ1) is 14.7. The Morgan fingerprint density at radius 1 is 0.867 bits per heavy atom. The average molecular weight is 392 g/mol. The summed E-state index contributed by atoms with van der Waals surface area (Å²) >= 11 is 0. The molecule has 30 heavy (non-hydrogen) atoms. The highest BCUT2D eigenvalue weighted by Gasteiger charge is 2.10. The van der Waals surface area contributed by atoms with Gasteiger partial charge in [0.1, 0.15) is 12.4 Å².